The Morgan fingerprint density at radius 1 is 1.59 bits per heavy atom. The summed E-state index contributed by atoms with van der Waals surface area (Å²) in [6, 6.07) is 3.17. The molecular weight excluding hydrogens is 220 g/mol. The molecule has 0 atom stereocenters. The fourth-order valence-corrected chi connectivity index (χ4v) is 1.31. The van der Waals surface area contributed by atoms with E-state index in [1.807, 2.05) is 0 Å². The fourth-order valence-electron chi connectivity index (χ4n) is 1.31. The number of amides is 1. The first-order valence-corrected chi connectivity index (χ1v) is 5.26. The summed E-state index contributed by atoms with van der Waals surface area (Å²) < 4.78 is 6.47. The molecule has 1 amide bonds. The van der Waals surface area contributed by atoms with E-state index in [0.29, 0.717) is 19.7 Å². The van der Waals surface area contributed by atoms with Gasteiger partial charge in [-0.15, -0.1) is 0 Å². The number of ether oxygens (including phenoxy) is 1. The maximum atomic E-state index is 11.5. The van der Waals surface area contributed by atoms with Crippen LogP contribution in [-0.4, -0.2) is 24.2 Å². The fraction of sp³-hybridized carbons (Fsp3) is 0.333. The van der Waals surface area contributed by atoms with Gasteiger partial charge in [-0.25, -0.2) is 0 Å². The Morgan fingerprint density at radius 3 is 3.00 bits per heavy atom. The van der Waals surface area contributed by atoms with E-state index in [4.69, 9.17) is 4.74 Å². The number of aromatic nitrogens is 1. The van der Waals surface area contributed by atoms with E-state index in [2.05, 4.69) is 11.9 Å². The average molecular weight is 236 g/mol. The van der Waals surface area contributed by atoms with Crippen molar-refractivity contribution in [3.63, 3.8) is 0 Å². The lowest BCUT2D eigenvalue weighted by Crippen LogP contribution is -2.24. The lowest BCUT2D eigenvalue weighted by molar-refractivity contribution is -0.116. The van der Waals surface area contributed by atoms with E-state index in [0.717, 1.165) is 5.56 Å². The molecule has 1 aromatic heterocycles. The van der Waals surface area contributed by atoms with Crippen LogP contribution in [0.3, 0.4) is 0 Å². The molecule has 0 bridgehead atoms. The zero-order valence-electron chi connectivity index (χ0n) is 9.81. The molecule has 5 nitrogen and oxygen atoms in total. The predicted molar refractivity (Wildman–Crippen MR) is 64.6 cm³/mol. The minimum Gasteiger partial charge on any atom is -0.383 e. The van der Waals surface area contributed by atoms with E-state index in [1.165, 1.54) is 12.1 Å². The number of methoxy groups -OCH3 is 1. The molecule has 1 aromatic rings. The number of carbonyl (C=O) groups excluding carboxylic acids is 1. The molecule has 5 heteroatoms. The van der Waals surface area contributed by atoms with E-state index in [-0.39, 0.29) is 11.5 Å². The van der Waals surface area contributed by atoms with Crippen LogP contribution in [0.5, 0.6) is 0 Å². The first kappa shape index (κ1) is 13.2. The molecule has 0 radical (unpaired) electrons. The number of carbonyl (C=O) groups is 1. The van der Waals surface area contributed by atoms with Crippen molar-refractivity contribution in [1.82, 2.24) is 9.88 Å². The van der Waals surface area contributed by atoms with Gasteiger partial charge >= 0.3 is 0 Å². The van der Waals surface area contributed by atoms with Gasteiger partial charge in [-0.1, -0.05) is 12.6 Å². The lowest BCUT2D eigenvalue weighted by atomic mass is 10.2. The lowest BCUT2D eigenvalue weighted by Gasteiger charge is -2.08. The molecule has 0 fully saturated rings. The Hall–Kier alpha value is -1.88. The maximum Gasteiger partial charge on any atom is 0.250 e. The van der Waals surface area contributed by atoms with E-state index >= 15 is 0 Å². The number of hydrogen-bond acceptors (Lipinski definition) is 3. The molecule has 92 valence electrons. The zero-order valence-corrected chi connectivity index (χ0v) is 9.81. The van der Waals surface area contributed by atoms with Gasteiger partial charge in [0.25, 0.3) is 5.56 Å². The van der Waals surface area contributed by atoms with Gasteiger partial charge in [0, 0.05) is 32.5 Å². The second kappa shape index (κ2) is 6.65. The van der Waals surface area contributed by atoms with Gasteiger partial charge in [-0.05, 0) is 11.6 Å². The highest BCUT2D eigenvalue weighted by Crippen LogP contribution is 1.95. The molecule has 0 aliphatic heterocycles. The number of nitrogens with zero attached hydrogens (tertiary/aromatic N) is 1. The highest BCUT2D eigenvalue weighted by Gasteiger charge is 2.00. The number of rotatable bonds is 6. The highest BCUT2D eigenvalue weighted by molar-refractivity contribution is 5.86. The quantitative estimate of drug-likeness (QED) is 0.722. The Morgan fingerprint density at radius 2 is 2.35 bits per heavy atom. The van der Waals surface area contributed by atoms with Crippen LogP contribution in [0.25, 0.3) is 0 Å². The van der Waals surface area contributed by atoms with Crippen LogP contribution in [0.15, 0.2) is 35.8 Å². The summed E-state index contributed by atoms with van der Waals surface area (Å²) >= 11 is 0. The van der Waals surface area contributed by atoms with Crippen molar-refractivity contribution in [1.29, 1.82) is 0 Å². The van der Waals surface area contributed by atoms with Crippen molar-refractivity contribution < 1.29 is 9.53 Å². The molecule has 0 spiro atoms. The maximum absolute atomic E-state index is 11.5. The van der Waals surface area contributed by atoms with E-state index in [1.54, 1.807) is 23.9 Å². The second-order valence-electron chi connectivity index (χ2n) is 3.48. The van der Waals surface area contributed by atoms with Gasteiger partial charge in [0.2, 0.25) is 5.91 Å². The van der Waals surface area contributed by atoms with Gasteiger partial charge < -0.3 is 14.6 Å². The van der Waals surface area contributed by atoms with Gasteiger partial charge in [-0.2, -0.15) is 0 Å². The van der Waals surface area contributed by atoms with Crippen molar-refractivity contribution in [2.45, 2.75) is 13.1 Å². The monoisotopic (exact) mass is 236 g/mol. The third kappa shape index (κ3) is 4.24. The number of nitrogens with one attached hydrogen (secondary N) is 1. The Labute approximate surface area is 99.7 Å². The third-order valence-electron chi connectivity index (χ3n) is 2.23. The van der Waals surface area contributed by atoms with Gasteiger partial charge in [0.05, 0.1) is 6.61 Å². The van der Waals surface area contributed by atoms with Crippen molar-refractivity contribution >= 4 is 5.91 Å². The third-order valence-corrected chi connectivity index (χ3v) is 2.23. The number of pyridine rings is 1. The largest absolute Gasteiger partial charge is 0.383 e. The minimum absolute atomic E-state index is 0.0825. The summed E-state index contributed by atoms with van der Waals surface area (Å²) in [5.41, 5.74) is 0.775. The first-order chi connectivity index (χ1) is 8.17. The van der Waals surface area contributed by atoms with E-state index in [9.17, 15) is 9.59 Å². The Bertz CT molecular complexity index is 451. The SMILES string of the molecule is C=CC(=O)NCc1ccc(=O)n(CCOC)c1. The average Bonchev–Trinajstić information content (AvgIpc) is 2.35. The van der Waals surface area contributed by atoms with Crippen molar-refractivity contribution in [3.05, 3.63) is 46.9 Å². The van der Waals surface area contributed by atoms with Gasteiger partial charge in [0.1, 0.15) is 0 Å². The van der Waals surface area contributed by atoms with Gasteiger partial charge in [0.15, 0.2) is 0 Å². The smallest absolute Gasteiger partial charge is 0.250 e. The Kier molecular flexibility index (Phi) is 5.16. The normalized spacial score (nSPS) is 9.94. The minimum atomic E-state index is -0.236. The van der Waals surface area contributed by atoms with Crippen molar-refractivity contribution in [2.75, 3.05) is 13.7 Å². The molecule has 17 heavy (non-hydrogen) atoms. The predicted octanol–water partition coefficient (Wildman–Crippen LogP) is 0.297. The summed E-state index contributed by atoms with van der Waals surface area (Å²) in [7, 11) is 1.58. The molecule has 1 N–H and O–H groups in total. The molecule has 0 unspecified atom stereocenters. The second-order valence-corrected chi connectivity index (χ2v) is 3.48. The Balaban J connectivity index is 2.70. The van der Waals surface area contributed by atoms with Crippen LogP contribution in [0.2, 0.25) is 0 Å². The summed E-state index contributed by atoms with van der Waals surface area (Å²) in [5, 5.41) is 2.65. The molecule has 0 aliphatic carbocycles. The van der Waals surface area contributed by atoms with Gasteiger partial charge in [-0.3, -0.25) is 9.59 Å². The van der Waals surface area contributed by atoms with Crippen molar-refractivity contribution in [2.24, 2.45) is 0 Å². The van der Waals surface area contributed by atoms with Crippen LogP contribution in [0, 0.1) is 0 Å². The molecule has 0 saturated carbocycles. The summed E-state index contributed by atoms with van der Waals surface area (Å²) in [5.74, 6) is -0.236. The zero-order chi connectivity index (χ0) is 12.7. The van der Waals surface area contributed by atoms with Crippen LogP contribution in [-0.2, 0) is 22.6 Å². The molecule has 0 aromatic carbocycles. The van der Waals surface area contributed by atoms with E-state index < -0.39 is 0 Å². The van der Waals surface area contributed by atoms with Crippen LogP contribution >= 0.6 is 0 Å². The summed E-state index contributed by atoms with van der Waals surface area (Å²) in [6.07, 6.45) is 2.92. The molecule has 1 rings (SSSR count). The van der Waals surface area contributed by atoms with Crippen LogP contribution in [0.4, 0.5) is 0 Å². The molecule has 1 heterocycles. The first-order valence-electron chi connectivity index (χ1n) is 5.26. The topological polar surface area (TPSA) is 60.3 Å². The molecular formula is C12H16N2O3. The van der Waals surface area contributed by atoms with Crippen LogP contribution < -0.4 is 10.9 Å². The summed E-state index contributed by atoms with van der Waals surface area (Å²) in [6.45, 7) is 4.71. The van der Waals surface area contributed by atoms with Crippen LogP contribution in [0.1, 0.15) is 5.56 Å². The molecule has 0 aliphatic rings. The molecule has 0 saturated heterocycles. The van der Waals surface area contributed by atoms with Crippen molar-refractivity contribution in [3.8, 4) is 0 Å². The standard InChI is InChI=1S/C12H16N2O3/c1-3-11(15)13-8-10-4-5-12(16)14(9-10)6-7-17-2/h3-5,9H,1,6-8H2,2H3,(H,13,15). The highest BCUT2D eigenvalue weighted by atomic mass is 16.5. The summed E-state index contributed by atoms with van der Waals surface area (Å²) in [4.78, 5) is 22.5. The number of hydrogen-bond donors (Lipinski definition) is 1.